The van der Waals surface area contributed by atoms with Crippen molar-refractivity contribution in [2.45, 2.75) is 51.5 Å². The van der Waals surface area contributed by atoms with Gasteiger partial charge in [-0.25, -0.2) is 0 Å². The van der Waals surface area contributed by atoms with Crippen LogP contribution in [0, 0.1) is 0 Å². The summed E-state index contributed by atoms with van der Waals surface area (Å²) in [6.07, 6.45) is 6.92. The van der Waals surface area contributed by atoms with Crippen molar-refractivity contribution < 1.29 is 9.84 Å². The van der Waals surface area contributed by atoms with Crippen molar-refractivity contribution in [2.24, 2.45) is 5.73 Å². The molecule has 0 radical (unpaired) electrons. The first-order valence-corrected chi connectivity index (χ1v) is 8.75. The summed E-state index contributed by atoms with van der Waals surface area (Å²) in [4.78, 5) is 0. The standard InChI is InChI=1S/C20H29NO2/c1-2-3-4-5-6-12-23-19-10-11-20-16(13-18(21)15-22)8-7-9-17(20)14-19/h7-11,14,18,22H,2-6,12-13,15,21H2,1H3/t18-/m0/s1. The Labute approximate surface area is 139 Å². The van der Waals surface area contributed by atoms with Crippen molar-refractivity contribution in [1.82, 2.24) is 0 Å². The quantitative estimate of drug-likeness (QED) is 0.650. The van der Waals surface area contributed by atoms with Crippen LogP contribution in [-0.4, -0.2) is 24.4 Å². The number of aliphatic hydroxyl groups is 1. The van der Waals surface area contributed by atoms with Gasteiger partial charge in [-0.05, 0) is 41.3 Å². The molecule has 126 valence electrons. The lowest BCUT2D eigenvalue weighted by molar-refractivity contribution is 0.265. The first-order chi connectivity index (χ1) is 11.2. The van der Waals surface area contributed by atoms with Crippen molar-refractivity contribution in [3.8, 4) is 5.75 Å². The third-order valence-corrected chi connectivity index (χ3v) is 4.18. The van der Waals surface area contributed by atoms with Gasteiger partial charge in [0.15, 0.2) is 0 Å². The summed E-state index contributed by atoms with van der Waals surface area (Å²) < 4.78 is 5.87. The number of nitrogens with two attached hydrogens (primary N) is 1. The molecular formula is C20H29NO2. The Hall–Kier alpha value is -1.58. The van der Waals surface area contributed by atoms with Crippen molar-refractivity contribution in [3.05, 3.63) is 42.0 Å². The average molecular weight is 315 g/mol. The second kappa shape index (κ2) is 9.53. The van der Waals surface area contributed by atoms with Crippen molar-refractivity contribution >= 4 is 10.8 Å². The van der Waals surface area contributed by atoms with E-state index in [0.717, 1.165) is 24.2 Å². The van der Waals surface area contributed by atoms with Gasteiger partial charge in [-0.2, -0.15) is 0 Å². The molecule has 1 atom stereocenters. The SMILES string of the molecule is CCCCCCCOc1ccc2c(C[C@H](N)CO)cccc2c1. The number of ether oxygens (including phenoxy) is 1. The molecule has 3 nitrogen and oxygen atoms in total. The number of unbranched alkanes of at least 4 members (excludes halogenated alkanes) is 4. The fraction of sp³-hybridized carbons (Fsp3) is 0.500. The molecular weight excluding hydrogens is 286 g/mol. The second-order valence-electron chi connectivity index (χ2n) is 6.21. The maximum atomic E-state index is 9.14. The maximum absolute atomic E-state index is 9.14. The third-order valence-electron chi connectivity index (χ3n) is 4.18. The molecule has 2 rings (SSSR count). The van der Waals surface area contributed by atoms with E-state index in [1.807, 2.05) is 12.1 Å². The van der Waals surface area contributed by atoms with Crippen LogP contribution in [0.5, 0.6) is 5.75 Å². The van der Waals surface area contributed by atoms with Gasteiger partial charge in [0.25, 0.3) is 0 Å². The van der Waals surface area contributed by atoms with Gasteiger partial charge in [0.2, 0.25) is 0 Å². The van der Waals surface area contributed by atoms with Crippen molar-refractivity contribution in [1.29, 1.82) is 0 Å². The number of rotatable bonds is 10. The summed E-state index contributed by atoms with van der Waals surface area (Å²) in [5.41, 5.74) is 7.04. The predicted molar refractivity (Wildman–Crippen MR) is 97.0 cm³/mol. The van der Waals surface area contributed by atoms with Gasteiger partial charge in [-0.1, -0.05) is 56.9 Å². The summed E-state index contributed by atoms with van der Waals surface area (Å²) in [7, 11) is 0. The van der Waals surface area contributed by atoms with Gasteiger partial charge in [0, 0.05) is 6.04 Å². The van der Waals surface area contributed by atoms with E-state index in [1.165, 1.54) is 36.6 Å². The number of fused-ring (bicyclic) bond motifs is 1. The molecule has 0 unspecified atom stereocenters. The summed E-state index contributed by atoms with van der Waals surface area (Å²) in [6.45, 7) is 3.02. The van der Waals surface area contributed by atoms with E-state index in [4.69, 9.17) is 15.6 Å². The van der Waals surface area contributed by atoms with Crippen LogP contribution in [-0.2, 0) is 6.42 Å². The Kier molecular flexibility index (Phi) is 7.37. The predicted octanol–water partition coefficient (Wildman–Crippen LogP) is 4.05. The van der Waals surface area contributed by atoms with Crippen molar-refractivity contribution in [3.63, 3.8) is 0 Å². The topological polar surface area (TPSA) is 55.5 Å². The van der Waals surface area contributed by atoms with Crippen LogP contribution in [0.15, 0.2) is 36.4 Å². The lowest BCUT2D eigenvalue weighted by atomic mass is 9.99. The van der Waals surface area contributed by atoms with Gasteiger partial charge in [0.1, 0.15) is 5.75 Å². The molecule has 0 amide bonds. The van der Waals surface area contributed by atoms with E-state index in [1.54, 1.807) is 0 Å². The monoisotopic (exact) mass is 315 g/mol. The van der Waals surface area contributed by atoms with E-state index in [-0.39, 0.29) is 12.6 Å². The second-order valence-corrected chi connectivity index (χ2v) is 6.21. The van der Waals surface area contributed by atoms with Crippen LogP contribution in [0.1, 0.15) is 44.6 Å². The lowest BCUT2D eigenvalue weighted by Crippen LogP contribution is -2.26. The van der Waals surface area contributed by atoms with E-state index < -0.39 is 0 Å². The number of benzene rings is 2. The van der Waals surface area contributed by atoms with Crippen LogP contribution in [0.3, 0.4) is 0 Å². The molecule has 0 heterocycles. The first-order valence-electron chi connectivity index (χ1n) is 8.75. The summed E-state index contributed by atoms with van der Waals surface area (Å²) in [6, 6.07) is 12.2. The van der Waals surface area contributed by atoms with Crippen LogP contribution in [0.2, 0.25) is 0 Å². The fourth-order valence-corrected chi connectivity index (χ4v) is 2.84. The zero-order chi connectivity index (χ0) is 16.5. The Bertz CT molecular complexity index is 597. The van der Waals surface area contributed by atoms with E-state index in [9.17, 15) is 0 Å². The molecule has 2 aromatic carbocycles. The first kappa shape index (κ1) is 17.8. The zero-order valence-corrected chi connectivity index (χ0v) is 14.1. The minimum absolute atomic E-state index is 0.00954. The number of aliphatic hydroxyl groups excluding tert-OH is 1. The molecule has 0 saturated carbocycles. The Morgan fingerprint density at radius 1 is 1.09 bits per heavy atom. The van der Waals surface area contributed by atoms with Gasteiger partial charge < -0.3 is 15.6 Å². The van der Waals surface area contributed by atoms with Crippen LogP contribution in [0.4, 0.5) is 0 Å². The van der Waals surface area contributed by atoms with Crippen LogP contribution in [0.25, 0.3) is 10.8 Å². The van der Waals surface area contributed by atoms with E-state index >= 15 is 0 Å². The highest BCUT2D eigenvalue weighted by Crippen LogP contribution is 2.25. The lowest BCUT2D eigenvalue weighted by Gasteiger charge is -2.12. The molecule has 0 aliphatic carbocycles. The molecule has 0 aliphatic rings. The Balaban J connectivity index is 1.96. The fourth-order valence-electron chi connectivity index (χ4n) is 2.84. The highest BCUT2D eigenvalue weighted by molar-refractivity contribution is 5.87. The maximum Gasteiger partial charge on any atom is 0.119 e. The highest BCUT2D eigenvalue weighted by Gasteiger charge is 2.07. The van der Waals surface area contributed by atoms with Crippen LogP contribution >= 0.6 is 0 Å². The Morgan fingerprint density at radius 3 is 2.70 bits per heavy atom. The summed E-state index contributed by atoms with van der Waals surface area (Å²) in [5, 5.41) is 11.5. The molecule has 3 heteroatoms. The summed E-state index contributed by atoms with van der Waals surface area (Å²) in [5.74, 6) is 0.927. The summed E-state index contributed by atoms with van der Waals surface area (Å²) >= 11 is 0. The minimum Gasteiger partial charge on any atom is -0.494 e. The molecule has 0 bridgehead atoms. The smallest absolute Gasteiger partial charge is 0.119 e. The molecule has 0 fully saturated rings. The molecule has 0 aliphatic heterocycles. The van der Waals surface area contributed by atoms with E-state index in [2.05, 4.69) is 31.2 Å². The molecule has 0 spiro atoms. The van der Waals surface area contributed by atoms with Crippen molar-refractivity contribution in [2.75, 3.05) is 13.2 Å². The third kappa shape index (κ3) is 5.52. The molecule has 23 heavy (non-hydrogen) atoms. The van der Waals surface area contributed by atoms with Crippen LogP contribution < -0.4 is 10.5 Å². The molecule has 0 aromatic heterocycles. The number of hydrogen-bond donors (Lipinski definition) is 2. The molecule has 0 saturated heterocycles. The normalized spacial score (nSPS) is 12.5. The molecule has 2 aromatic rings. The molecule has 3 N–H and O–H groups in total. The van der Waals surface area contributed by atoms with Gasteiger partial charge in [0.05, 0.1) is 13.2 Å². The number of hydrogen-bond acceptors (Lipinski definition) is 3. The average Bonchev–Trinajstić information content (AvgIpc) is 2.58. The largest absolute Gasteiger partial charge is 0.494 e. The van der Waals surface area contributed by atoms with Gasteiger partial charge in [-0.15, -0.1) is 0 Å². The Morgan fingerprint density at radius 2 is 1.91 bits per heavy atom. The zero-order valence-electron chi connectivity index (χ0n) is 14.1. The van der Waals surface area contributed by atoms with Gasteiger partial charge >= 0.3 is 0 Å². The minimum atomic E-state index is -0.209. The van der Waals surface area contributed by atoms with Gasteiger partial charge in [-0.3, -0.25) is 0 Å². The van der Waals surface area contributed by atoms with E-state index in [0.29, 0.717) is 6.42 Å². The highest BCUT2D eigenvalue weighted by atomic mass is 16.5.